The third-order valence-electron chi connectivity index (χ3n) is 4.08. The number of hydrogen-bond donors (Lipinski definition) is 2. The highest BCUT2D eigenvalue weighted by Crippen LogP contribution is 2.33. The number of aromatic nitrogens is 1. The lowest BCUT2D eigenvalue weighted by molar-refractivity contribution is -0.384. The summed E-state index contributed by atoms with van der Waals surface area (Å²) in [6, 6.07) is 8.28. The molecule has 0 radical (unpaired) electrons. The zero-order valence-electron chi connectivity index (χ0n) is 13.0. The molecule has 25 heavy (non-hydrogen) atoms. The van der Waals surface area contributed by atoms with Crippen molar-refractivity contribution >= 4 is 11.4 Å². The Morgan fingerprint density at radius 1 is 1.36 bits per heavy atom. The van der Waals surface area contributed by atoms with E-state index in [9.17, 15) is 23.3 Å². The molecule has 1 aromatic carbocycles. The molecule has 2 heterocycles. The number of hydrogen-bond acceptors (Lipinski definition) is 5. The van der Waals surface area contributed by atoms with Crippen molar-refractivity contribution in [3.63, 3.8) is 0 Å². The largest absolute Gasteiger partial charge is 0.433 e. The number of nitrogens with zero attached hydrogens (tertiary/aromatic N) is 2. The van der Waals surface area contributed by atoms with Crippen LogP contribution in [0, 0.1) is 10.1 Å². The highest BCUT2D eigenvalue weighted by atomic mass is 19.4. The predicted molar refractivity (Wildman–Crippen MR) is 85.3 cm³/mol. The van der Waals surface area contributed by atoms with Gasteiger partial charge in [0.2, 0.25) is 0 Å². The maximum Gasteiger partial charge on any atom is 0.433 e. The van der Waals surface area contributed by atoms with Gasteiger partial charge in [-0.15, -0.1) is 0 Å². The predicted octanol–water partition coefficient (Wildman–Crippen LogP) is 3.31. The molecule has 132 valence electrons. The van der Waals surface area contributed by atoms with Crippen LogP contribution in [-0.4, -0.2) is 23.0 Å². The maximum absolute atomic E-state index is 12.8. The highest BCUT2D eigenvalue weighted by molar-refractivity contribution is 5.61. The Balaban J connectivity index is 1.84. The van der Waals surface area contributed by atoms with Crippen LogP contribution in [0.5, 0.6) is 0 Å². The average molecular weight is 352 g/mol. The van der Waals surface area contributed by atoms with Crippen molar-refractivity contribution in [2.24, 2.45) is 0 Å². The van der Waals surface area contributed by atoms with Crippen LogP contribution in [0.1, 0.15) is 22.9 Å². The minimum atomic E-state index is -4.67. The number of alkyl halides is 3. The molecular weight excluding hydrogens is 337 g/mol. The van der Waals surface area contributed by atoms with E-state index in [1.54, 1.807) is 0 Å². The molecule has 0 amide bonds. The van der Waals surface area contributed by atoms with Crippen molar-refractivity contribution < 1.29 is 18.1 Å². The Morgan fingerprint density at radius 2 is 2.12 bits per heavy atom. The molecule has 2 N–H and O–H groups in total. The van der Waals surface area contributed by atoms with Gasteiger partial charge in [-0.2, -0.15) is 13.2 Å². The molecule has 0 saturated carbocycles. The third kappa shape index (κ3) is 3.71. The number of nitrogens with one attached hydrogen (secondary N) is 2. The van der Waals surface area contributed by atoms with Crippen LogP contribution in [0.4, 0.5) is 24.5 Å². The van der Waals surface area contributed by atoms with E-state index >= 15 is 0 Å². The lowest BCUT2D eigenvalue weighted by atomic mass is 9.94. The van der Waals surface area contributed by atoms with E-state index < -0.39 is 22.5 Å². The van der Waals surface area contributed by atoms with E-state index in [1.165, 1.54) is 0 Å². The molecule has 1 atom stereocenters. The summed E-state index contributed by atoms with van der Waals surface area (Å²) in [6.45, 7) is 0.953. The standard InChI is InChI=1S/C16H15F3N4O2/c17-16(18,19)15-7-12(14(9-22-15)23(24)25)21-8-13-11-4-2-1-3-10(11)5-6-20-13/h1-4,7,9,13,20H,5-6,8H2,(H,21,22). The van der Waals surface area contributed by atoms with Crippen LogP contribution in [0.3, 0.4) is 0 Å². The van der Waals surface area contributed by atoms with Crippen LogP contribution < -0.4 is 10.6 Å². The monoisotopic (exact) mass is 352 g/mol. The molecule has 1 unspecified atom stereocenters. The van der Waals surface area contributed by atoms with Gasteiger partial charge in [-0.3, -0.25) is 10.1 Å². The van der Waals surface area contributed by atoms with Crippen molar-refractivity contribution in [2.45, 2.75) is 18.6 Å². The molecule has 0 fully saturated rings. The molecule has 0 bridgehead atoms. The second-order valence-corrected chi connectivity index (χ2v) is 5.68. The summed E-state index contributed by atoms with van der Waals surface area (Å²) < 4.78 is 38.5. The number of halogens is 3. The summed E-state index contributed by atoms with van der Waals surface area (Å²) in [5.41, 5.74) is 0.342. The van der Waals surface area contributed by atoms with Crippen molar-refractivity contribution in [3.8, 4) is 0 Å². The SMILES string of the molecule is O=[N+]([O-])c1cnc(C(F)(F)F)cc1NCC1NCCc2ccccc21. The molecule has 0 spiro atoms. The van der Waals surface area contributed by atoms with Gasteiger partial charge in [0.05, 0.1) is 4.92 Å². The van der Waals surface area contributed by atoms with E-state index in [0.717, 1.165) is 24.1 Å². The molecule has 9 heteroatoms. The number of fused-ring (bicyclic) bond motifs is 1. The summed E-state index contributed by atoms with van der Waals surface area (Å²) in [5, 5.41) is 17.1. The van der Waals surface area contributed by atoms with Gasteiger partial charge in [-0.25, -0.2) is 4.98 Å². The van der Waals surface area contributed by atoms with Gasteiger partial charge >= 0.3 is 11.9 Å². The third-order valence-corrected chi connectivity index (χ3v) is 4.08. The summed E-state index contributed by atoms with van der Waals surface area (Å²) >= 11 is 0. The molecule has 1 aliphatic rings. The fourth-order valence-electron chi connectivity index (χ4n) is 2.88. The number of anilines is 1. The smallest absolute Gasteiger partial charge is 0.377 e. The minimum absolute atomic E-state index is 0.146. The quantitative estimate of drug-likeness (QED) is 0.652. The van der Waals surface area contributed by atoms with Crippen LogP contribution in [-0.2, 0) is 12.6 Å². The first-order valence-electron chi connectivity index (χ1n) is 7.63. The first-order chi connectivity index (χ1) is 11.9. The van der Waals surface area contributed by atoms with E-state index in [2.05, 4.69) is 15.6 Å². The highest BCUT2D eigenvalue weighted by Gasteiger charge is 2.34. The van der Waals surface area contributed by atoms with Crippen molar-refractivity contribution in [3.05, 3.63) is 63.5 Å². The Morgan fingerprint density at radius 3 is 2.84 bits per heavy atom. The Hall–Kier alpha value is -2.68. The van der Waals surface area contributed by atoms with Crippen LogP contribution in [0.2, 0.25) is 0 Å². The summed E-state index contributed by atoms with van der Waals surface area (Å²) in [5.74, 6) is 0. The van der Waals surface area contributed by atoms with Crippen molar-refractivity contribution in [1.82, 2.24) is 10.3 Å². The lowest BCUT2D eigenvalue weighted by Crippen LogP contribution is -2.34. The summed E-state index contributed by atoms with van der Waals surface area (Å²) in [4.78, 5) is 13.4. The Labute approximate surface area is 141 Å². The van der Waals surface area contributed by atoms with Crippen LogP contribution in [0.25, 0.3) is 0 Å². The number of benzene rings is 1. The topological polar surface area (TPSA) is 80.1 Å². The minimum Gasteiger partial charge on any atom is -0.377 e. The molecule has 0 saturated heterocycles. The molecule has 1 aromatic heterocycles. The Bertz CT molecular complexity index is 795. The summed E-state index contributed by atoms with van der Waals surface area (Å²) in [7, 11) is 0. The van der Waals surface area contributed by atoms with Gasteiger partial charge in [0.25, 0.3) is 0 Å². The first-order valence-corrected chi connectivity index (χ1v) is 7.63. The zero-order chi connectivity index (χ0) is 18.0. The van der Waals surface area contributed by atoms with E-state index in [4.69, 9.17) is 0 Å². The zero-order valence-corrected chi connectivity index (χ0v) is 13.0. The molecule has 2 aromatic rings. The van der Waals surface area contributed by atoms with Crippen molar-refractivity contribution in [2.75, 3.05) is 18.4 Å². The van der Waals surface area contributed by atoms with Crippen LogP contribution >= 0.6 is 0 Å². The fourth-order valence-corrected chi connectivity index (χ4v) is 2.88. The van der Waals surface area contributed by atoms with Gasteiger partial charge in [-0.1, -0.05) is 24.3 Å². The van der Waals surface area contributed by atoms with Gasteiger partial charge < -0.3 is 10.6 Å². The normalized spacial score (nSPS) is 17.0. The summed E-state index contributed by atoms with van der Waals surface area (Å²) in [6.07, 6.45) is -3.17. The fraction of sp³-hybridized carbons (Fsp3) is 0.312. The van der Waals surface area contributed by atoms with Gasteiger partial charge in [0.15, 0.2) is 0 Å². The second-order valence-electron chi connectivity index (χ2n) is 5.68. The molecule has 3 rings (SSSR count). The maximum atomic E-state index is 12.8. The second kappa shape index (κ2) is 6.67. The average Bonchev–Trinajstić information content (AvgIpc) is 2.58. The number of pyridine rings is 1. The Kier molecular flexibility index (Phi) is 4.58. The molecule has 1 aliphatic heterocycles. The van der Waals surface area contributed by atoms with Gasteiger partial charge in [0, 0.05) is 12.6 Å². The molecule has 0 aliphatic carbocycles. The lowest BCUT2D eigenvalue weighted by Gasteiger charge is -2.27. The van der Waals surface area contributed by atoms with Crippen molar-refractivity contribution in [1.29, 1.82) is 0 Å². The van der Waals surface area contributed by atoms with Gasteiger partial charge in [-0.05, 0) is 30.2 Å². The van der Waals surface area contributed by atoms with Gasteiger partial charge in [0.1, 0.15) is 17.6 Å². The van der Waals surface area contributed by atoms with E-state index in [-0.39, 0.29) is 18.3 Å². The van der Waals surface area contributed by atoms with Crippen LogP contribution in [0.15, 0.2) is 36.5 Å². The van der Waals surface area contributed by atoms with E-state index in [1.807, 2.05) is 24.3 Å². The molecular formula is C16H15F3N4O2. The number of nitro groups is 1. The molecule has 6 nitrogen and oxygen atoms in total. The number of rotatable bonds is 4. The first kappa shape index (κ1) is 17.2. The van der Waals surface area contributed by atoms with E-state index in [0.29, 0.717) is 12.3 Å².